The quantitative estimate of drug-likeness (QED) is 0.681. The maximum atomic E-state index is 12.6. The Hall–Kier alpha value is -2.80. The van der Waals surface area contributed by atoms with Gasteiger partial charge in [-0.15, -0.1) is 11.3 Å². The number of carbonyl (C=O) groups is 1. The average Bonchev–Trinajstić information content (AvgIpc) is 3.16. The Kier molecular flexibility index (Phi) is 5.34. The van der Waals surface area contributed by atoms with E-state index in [1.165, 1.54) is 11.3 Å². The van der Waals surface area contributed by atoms with Crippen molar-refractivity contribution in [1.82, 2.24) is 19.7 Å². The molecule has 144 valence electrons. The number of hydrogen-bond donors (Lipinski definition) is 0. The van der Waals surface area contributed by atoms with E-state index >= 15 is 0 Å². The normalized spacial score (nSPS) is 15.0. The van der Waals surface area contributed by atoms with Crippen LogP contribution in [-0.2, 0) is 6.54 Å². The standard InChI is InChI=1S/C21H22N4O2S/c1-15-20(28-14-22-15)21(27)24-11-9-16(10-12-24)13-25-19(26)8-7-18(23-25)17-5-3-2-4-6-17/h2-8,14,16H,9-13H2,1H3. The molecule has 1 saturated heterocycles. The number of thiazole rings is 1. The highest BCUT2D eigenvalue weighted by Crippen LogP contribution is 2.23. The molecule has 0 saturated carbocycles. The van der Waals surface area contributed by atoms with Gasteiger partial charge in [0.1, 0.15) is 4.88 Å². The lowest BCUT2D eigenvalue weighted by molar-refractivity contribution is 0.0684. The van der Waals surface area contributed by atoms with Crippen molar-refractivity contribution >= 4 is 17.2 Å². The number of benzene rings is 1. The molecule has 0 bridgehead atoms. The van der Waals surface area contributed by atoms with Crippen molar-refractivity contribution in [1.29, 1.82) is 0 Å². The molecule has 0 aliphatic carbocycles. The zero-order valence-electron chi connectivity index (χ0n) is 15.7. The number of amides is 1. The Morgan fingerprint density at radius 1 is 1.14 bits per heavy atom. The molecule has 3 aromatic rings. The molecule has 2 aromatic heterocycles. The van der Waals surface area contributed by atoms with Crippen molar-refractivity contribution in [3.05, 3.63) is 68.9 Å². The summed E-state index contributed by atoms with van der Waals surface area (Å²) in [6, 6.07) is 13.2. The molecule has 0 unspecified atom stereocenters. The van der Waals surface area contributed by atoms with E-state index in [0.717, 1.165) is 34.7 Å². The fraction of sp³-hybridized carbons (Fsp3) is 0.333. The van der Waals surface area contributed by atoms with Crippen LogP contribution in [0.5, 0.6) is 0 Å². The predicted molar refractivity (Wildman–Crippen MR) is 109 cm³/mol. The molecule has 0 radical (unpaired) electrons. The van der Waals surface area contributed by atoms with Gasteiger partial charge in [-0.2, -0.15) is 5.10 Å². The average molecular weight is 395 g/mol. The largest absolute Gasteiger partial charge is 0.338 e. The van der Waals surface area contributed by atoms with Crippen LogP contribution in [0.1, 0.15) is 28.2 Å². The first kappa shape index (κ1) is 18.6. The number of carbonyl (C=O) groups excluding carboxylic acids is 1. The summed E-state index contributed by atoms with van der Waals surface area (Å²) in [5.74, 6) is 0.405. The second kappa shape index (κ2) is 8.06. The summed E-state index contributed by atoms with van der Waals surface area (Å²) in [4.78, 5) is 31.7. The molecule has 1 amide bonds. The smallest absolute Gasteiger partial charge is 0.266 e. The van der Waals surface area contributed by atoms with Gasteiger partial charge in [-0.25, -0.2) is 9.67 Å². The number of aryl methyl sites for hydroxylation is 1. The second-order valence-corrected chi connectivity index (χ2v) is 7.96. The first-order valence-electron chi connectivity index (χ1n) is 9.45. The number of aromatic nitrogens is 3. The molecular weight excluding hydrogens is 372 g/mol. The van der Waals surface area contributed by atoms with E-state index in [1.54, 1.807) is 22.3 Å². The number of likely N-dealkylation sites (tertiary alicyclic amines) is 1. The molecule has 1 aromatic carbocycles. The van der Waals surface area contributed by atoms with E-state index in [0.29, 0.717) is 25.6 Å². The lowest BCUT2D eigenvalue weighted by atomic mass is 9.96. The lowest BCUT2D eigenvalue weighted by Gasteiger charge is -2.31. The van der Waals surface area contributed by atoms with Crippen molar-refractivity contribution in [3.8, 4) is 11.3 Å². The maximum Gasteiger partial charge on any atom is 0.266 e. The van der Waals surface area contributed by atoms with Gasteiger partial charge in [0.2, 0.25) is 0 Å². The SMILES string of the molecule is Cc1ncsc1C(=O)N1CCC(Cn2nc(-c3ccccc3)ccc2=O)CC1. The Balaban J connectivity index is 1.42. The highest BCUT2D eigenvalue weighted by molar-refractivity contribution is 7.11. The Morgan fingerprint density at radius 2 is 1.89 bits per heavy atom. The zero-order valence-corrected chi connectivity index (χ0v) is 16.6. The molecule has 1 aliphatic heterocycles. The molecular formula is C21H22N4O2S. The van der Waals surface area contributed by atoms with Crippen LogP contribution in [0.4, 0.5) is 0 Å². The summed E-state index contributed by atoms with van der Waals surface area (Å²) in [6.45, 7) is 3.86. The van der Waals surface area contributed by atoms with E-state index < -0.39 is 0 Å². The number of piperidine rings is 1. The molecule has 28 heavy (non-hydrogen) atoms. The molecule has 4 rings (SSSR count). The molecule has 6 nitrogen and oxygen atoms in total. The van der Waals surface area contributed by atoms with E-state index in [9.17, 15) is 9.59 Å². The van der Waals surface area contributed by atoms with Crippen LogP contribution in [0, 0.1) is 12.8 Å². The topological polar surface area (TPSA) is 68.1 Å². The summed E-state index contributed by atoms with van der Waals surface area (Å²) in [5, 5.41) is 4.56. The minimum Gasteiger partial charge on any atom is -0.338 e. The fourth-order valence-corrected chi connectivity index (χ4v) is 4.33. The first-order valence-corrected chi connectivity index (χ1v) is 10.3. The minimum atomic E-state index is -0.0847. The highest BCUT2D eigenvalue weighted by Gasteiger charge is 2.26. The summed E-state index contributed by atoms with van der Waals surface area (Å²) >= 11 is 1.40. The van der Waals surface area contributed by atoms with Crippen LogP contribution in [0.25, 0.3) is 11.3 Å². The molecule has 0 N–H and O–H groups in total. The van der Waals surface area contributed by atoms with Crippen LogP contribution in [0.15, 0.2) is 52.8 Å². The lowest BCUT2D eigenvalue weighted by Crippen LogP contribution is -2.40. The van der Waals surface area contributed by atoms with Gasteiger partial charge >= 0.3 is 0 Å². The van der Waals surface area contributed by atoms with E-state index in [1.807, 2.05) is 42.2 Å². The number of hydrogen-bond acceptors (Lipinski definition) is 5. The Morgan fingerprint density at radius 3 is 2.57 bits per heavy atom. The predicted octanol–water partition coefficient (Wildman–Crippen LogP) is 3.23. The van der Waals surface area contributed by atoms with Gasteiger partial charge in [-0.05, 0) is 31.7 Å². The van der Waals surface area contributed by atoms with Crippen LogP contribution >= 0.6 is 11.3 Å². The third-order valence-corrected chi connectivity index (χ3v) is 6.13. The van der Waals surface area contributed by atoms with Gasteiger partial charge in [0.25, 0.3) is 11.5 Å². The van der Waals surface area contributed by atoms with E-state index in [-0.39, 0.29) is 11.5 Å². The van der Waals surface area contributed by atoms with Crippen LogP contribution in [0.3, 0.4) is 0 Å². The fourth-order valence-electron chi connectivity index (χ4n) is 3.56. The van der Waals surface area contributed by atoms with Crippen LogP contribution in [0.2, 0.25) is 0 Å². The molecule has 1 aliphatic rings. The molecule has 7 heteroatoms. The second-order valence-electron chi connectivity index (χ2n) is 7.11. The van der Waals surface area contributed by atoms with Gasteiger partial charge in [0, 0.05) is 31.3 Å². The third-order valence-electron chi connectivity index (χ3n) is 5.21. The van der Waals surface area contributed by atoms with E-state index in [2.05, 4.69) is 10.1 Å². The summed E-state index contributed by atoms with van der Waals surface area (Å²) in [7, 11) is 0. The molecule has 1 fully saturated rings. The van der Waals surface area contributed by atoms with Gasteiger partial charge in [0.05, 0.1) is 16.9 Å². The Bertz CT molecular complexity index is 1020. The number of rotatable bonds is 4. The molecule has 0 spiro atoms. The van der Waals surface area contributed by atoms with Gasteiger partial charge in [0.15, 0.2) is 0 Å². The number of nitrogens with zero attached hydrogens (tertiary/aromatic N) is 4. The van der Waals surface area contributed by atoms with Crippen molar-refractivity contribution in [2.24, 2.45) is 5.92 Å². The monoisotopic (exact) mass is 394 g/mol. The van der Waals surface area contributed by atoms with Gasteiger partial charge < -0.3 is 4.90 Å². The summed E-state index contributed by atoms with van der Waals surface area (Å²) < 4.78 is 1.57. The zero-order chi connectivity index (χ0) is 19.5. The van der Waals surface area contributed by atoms with Crippen molar-refractivity contribution in [2.45, 2.75) is 26.3 Å². The Labute approximate surface area is 167 Å². The van der Waals surface area contributed by atoms with Crippen molar-refractivity contribution in [2.75, 3.05) is 13.1 Å². The van der Waals surface area contributed by atoms with Gasteiger partial charge in [-0.1, -0.05) is 30.3 Å². The summed E-state index contributed by atoms with van der Waals surface area (Å²) in [6.07, 6.45) is 1.74. The van der Waals surface area contributed by atoms with Crippen LogP contribution < -0.4 is 5.56 Å². The minimum absolute atomic E-state index is 0.0693. The van der Waals surface area contributed by atoms with Crippen LogP contribution in [-0.4, -0.2) is 38.7 Å². The molecule has 0 atom stereocenters. The maximum absolute atomic E-state index is 12.6. The highest BCUT2D eigenvalue weighted by atomic mass is 32.1. The third kappa shape index (κ3) is 3.89. The molecule has 3 heterocycles. The van der Waals surface area contributed by atoms with E-state index in [4.69, 9.17) is 0 Å². The van der Waals surface area contributed by atoms with Crippen molar-refractivity contribution < 1.29 is 4.79 Å². The van der Waals surface area contributed by atoms with Crippen molar-refractivity contribution in [3.63, 3.8) is 0 Å². The van der Waals surface area contributed by atoms with Gasteiger partial charge in [-0.3, -0.25) is 9.59 Å². The first-order chi connectivity index (χ1) is 13.6. The summed E-state index contributed by atoms with van der Waals surface area (Å²) in [5.41, 5.74) is 4.22.